The summed E-state index contributed by atoms with van der Waals surface area (Å²) in [6, 6.07) is 9.81. The van der Waals surface area contributed by atoms with Crippen molar-refractivity contribution < 1.29 is 12.9 Å². The first-order valence-corrected chi connectivity index (χ1v) is 10.1. The van der Waals surface area contributed by atoms with Crippen molar-refractivity contribution in [2.45, 2.75) is 11.8 Å². The standard InChI is InChI=1S/C19H17N5O4S/c1-11-4-6-13(29(26,27)24(2)3)9-14(11)19-22-17(23-28-19)12-5-7-16-15(8-12)18(25)21-10-20-16/h4-10H,1-3H3,(H,20,21,25). The van der Waals surface area contributed by atoms with Crippen molar-refractivity contribution in [2.75, 3.05) is 14.1 Å². The number of hydrogen-bond acceptors (Lipinski definition) is 7. The Hall–Kier alpha value is -3.37. The van der Waals surface area contributed by atoms with Gasteiger partial charge in [0, 0.05) is 25.2 Å². The number of nitrogens with one attached hydrogen (secondary N) is 1. The summed E-state index contributed by atoms with van der Waals surface area (Å²) in [7, 11) is -0.664. The smallest absolute Gasteiger partial charge is 0.258 e. The Labute approximate surface area is 166 Å². The number of aromatic nitrogens is 4. The third-order valence-electron chi connectivity index (χ3n) is 4.54. The van der Waals surface area contributed by atoms with Crippen LogP contribution in [0.2, 0.25) is 0 Å². The molecule has 148 valence electrons. The number of H-pyrrole nitrogens is 1. The number of sulfonamides is 1. The molecule has 10 heteroatoms. The molecule has 0 aliphatic carbocycles. The topological polar surface area (TPSA) is 122 Å². The Morgan fingerprint density at radius 3 is 2.66 bits per heavy atom. The number of rotatable bonds is 4. The van der Waals surface area contributed by atoms with E-state index >= 15 is 0 Å². The molecule has 0 fully saturated rings. The molecule has 0 unspecified atom stereocenters. The molecular weight excluding hydrogens is 394 g/mol. The van der Waals surface area contributed by atoms with Crippen LogP contribution in [-0.2, 0) is 10.0 Å². The van der Waals surface area contributed by atoms with Crippen LogP contribution in [0.4, 0.5) is 0 Å². The summed E-state index contributed by atoms with van der Waals surface area (Å²) in [5, 5.41) is 4.40. The maximum absolute atomic E-state index is 12.4. The molecule has 0 aliphatic heterocycles. The van der Waals surface area contributed by atoms with Crippen LogP contribution in [0.15, 0.2) is 56.9 Å². The molecule has 0 amide bonds. The van der Waals surface area contributed by atoms with Gasteiger partial charge in [-0.05, 0) is 42.8 Å². The molecule has 0 bridgehead atoms. The van der Waals surface area contributed by atoms with Crippen LogP contribution >= 0.6 is 0 Å². The number of hydrogen-bond donors (Lipinski definition) is 1. The lowest BCUT2D eigenvalue weighted by Crippen LogP contribution is -2.22. The van der Waals surface area contributed by atoms with Crippen molar-refractivity contribution in [1.29, 1.82) is 0 Å². The van der Waals surface area contributed by atoms with Gasteiger partial charge < -0.3 is 9.51 Å². The van der Waals surface area contributed by atoms with Gasteiger partial charge in [-0.3, -0.25) is 4.79 Å². The summed E-state index contributed by atoms with van der Waals surface area (Å²) in [5.41, 5.74) is 2.18. The van der Waals surface area contributed by atoms with Crippen LogP contribution in [0.3, 0.4) is 0 Å². The molecule has 4 rings (SSSR count). The van der Waals surface area contributed by atoms with Crippen LogP contribution in [0, 0.1) is 6.92 Å². The molecule has 2 heterocycles. The fourth-order valence-corrected chi connectivity index (χ4v) is 3.79. The zero-order valence-electron chi connectivity index (χ0n) is 15.9. The van der Waals surface area contributed by atoms with E-state index in [0.717, 1.165) is 9.87 Å². The van der Waals surface area contributed by atoms with Crippen LogP contribution in [0.1, 0.15) is 5.56 Å². The molecule has 0 spiro atoms. The van der Waals surface area contributed by atoms with E-state index in [1.54, 1.807) is 24.3 Å². The lowest BCUT2D eigenvalue weighted by atomic mass is 10.1. The summed E-state index contributed by atoms with van der Waals surface area (Å²) in [4.78, 5) is 23.2. The zero-order valence-corrected chi connectivity index (χ0v) is 16.7. The van der Waals surface area contributed by atoms with E-state index < -0.39 is 10.0 Å². The van der Waals surface area contributed by atoms with Crippen molar-refractivity contribution in [1.82, 2.24) is 24.4 Å². The Kier molecular flexibility index (Phi) is 4.52. The first-order valence-electron chi connectivity index (χ1n) is 8.62. The number of fused-ring (bicyclic) bond motifs is 1. The molecule has 9 nitrogen and oxygen atoms in total. The number of nitrogens with zero attached hydrogens (tertiary/aromatic N) is 4. The van der Waals surface area contributed by atoms with Gasteiger partial charge >= 0.3 is 0 Å². The van der Waals surface area contributed by atoms with E-state index in [0.29, 0.717) is 22.0 Å². The van der Waals surface area contributed by atoms with Gasteiger partial charge in [-0.15, -0.1) is 0 Å². The van der Waals surface area contributed by atoms with E-state index in [1.165, 1.54) is 32.6 Å². The molecule has 0 saturated carbocycles. The van der Waals surface area contributed by atoms with Gasteiger partial charge in [0.2, 0.25) is 15.8 Å². The Morgan fingerprint density at radius 2 is 1.90 bits per heavy atom. The van der Waals surface area contributed by atoms with Crippen molar-refractivity contribution in [2.24, 2.45) is 0 Å². The van der Waals surface area contributed by atoms with E-state index in [2.05, 4.69) is 20.1 Å². The Morgan fingerprint density at radius 1 is 1.10 bits per heavy atom. The van der Waals surface area contributed by atoms with Gasteiger partial charge in [0.15, 0.2) is 0 Å². The number of benzene rings is 2. The normalized spacial score (nSPS) is 12.0. The molecular formula is C19H17N5O4S. The number of aryl methyl sites for hydroxylation is 1. The third kappa shape index (κ3) is 3.32. The minimum atomic E-state index is -3.60. The maximum Gasteiger partial charge on any atom is 0.258 e. The van der Waals surface area contributed by atoms with E-state index in [9.17, 15) is 13.2 Å². The Bertz CT molecular complexity index is 1390. The minimum absolute atomic E-state index is 0.131. The maximum atomic E-state index is 12.4. The summed E-state index contributed by atoms with van der Waals surface area (Å²) in [5.74, 6) is 0.471. The molecule has 0 aliphatic rings. The van der Waals surface area contributed by atoms with Gasteiger partial charge in [0.1, 0.15) is 0 Å². The quantitative estimate of drug-likeness (QED) is 0.546. The van der Waals surface area contributed by atoms with E-state index in [-0.39, 0.29) is 22.2 Å². The molecule has 0 radical (unpaired) electrons. The highest BCUT2D eigenvalue weighted by Gasteiger charge is 2.21. The fourth-order valence-electron chi connectivity index (χ4n) is 2.86. The van der Waals surface area contributed by atoms with E-state index in [1.807, 2.05) is 6.92 Å². The minimum Gasteiger partial charge on any atom is -0.334 e. The lowest BCUT2D eigenvalue weighted by Gasteiger charge is -2.12. The zero-order chi connectivity index (χ0) is 20.8. The number of aromatic amines is 1. The molecule has 4 aromatic rings. The highest BCUT2D eigenvalue weighted by Crippen LogP contribution is 2.28. The average Bonchev–Trinajstić information content (AvgIpc) is 3.18. The van der Waals surface area contributed by atoms with Crippen molar-refractivity contribution in [3.8, 4) is 22.8 Å². The average molecular weight is 411 g/mol. The largest absolute Gasteiger partial charge is 0.334 e. The predicted molar refractivity (Wildman–Crippen MR) is 107 cm³/mol. The first kappa shape index (κ1) is 19.0. The van der Waals surface area contributed by atoms with Gasteiger partial charge in [-0.2, -0.15) is 4.98 Å². The lowest BCUT2D eigenvalue weighted by molar-refractivity contribution is 0.432. The highest BCUT2D eigenvalue weighted by molar-refractivity contribution is 7.89. The summed E-state index contributed by atoms with van der Waals surface area (Å²) in [6.07, 6.45) is 1.34. The second-order valence-corrected chi connectivity index (χ2v) is 8.80. The van der Waals surface area contributed by atoms with Crippen LogP contribution in [-0.4, -0.2) is 46.9 Å². The summed E-state index contributed by atoms with van der Waals surface area (Å²) < 4.78 is 31.4. The van der Waals surface area contributed by atoms with Crippen LogP contribution in [0.25, 0.3) is 33.7 Å². The molecule has 0 saturated heterocycles. The highest BCUT2D eigenvalue weighted by atomic mass is 32.2. The molecule has 2 aromatic carbocycles. The van der Waals surface area contributed by atoms with Crippen molar-refractivity contribution >= 4 is 20.9 Å². The fraction of sp³-hybridized carbons (Fsp3) is 0.158. The second kappa shape index (κ2) is 6.90. The van der Waals surface area contributed by atoms with Gasteiger partial charge in [-0.1, -0.05) is 11.2 Å². The van der Waals surface area contributed by atoms with Gasteiger partial charge in [-0.25, -0.2) is 17.7 Å². The molecule has 0 atom stereocenters. The van der Waals surface area contributed by atoms with Crippen molar-refractivity contribution in [3.05, 3.63) is 58.6 Å². The van der Waals surface area contributed by atoms with Crippen LogP contribution < -0.4 is 5.56 Å². The third-order valence-corrected chi connectivity index (χ3v) is 6.35. The monoisotopic (exact) mass is 411 g/mol. The second-order valence-electron chi connectivity index (χ2n) is 6.65. The molecule has 29 heavy (non-hydrogen) atoms. The van der Waals surface area contributed by atoms with Crippen molar-refractivity contribution in [3.63, 3.8) is 0 Å². The Balaban J connectivity index is 1.79. The van der Waals surface area contributed by atoms with Crippen LogP contribution in [0.5, 0.6) is 0 Å². The van der Waals surface area contributed by atoms with Gasteiger partial charge in [0.05, 0.1) is 22.1 Å². The first-order chi connectivity index (χ1) is 13.8. The predicted octanol–water partition coefficient (Wildman–Crippen LogP) is 2.20. The molecule has 1 N–H and O–H groups in total. The van der Waals surface area contributed by atoms with Gasteiger partial charge in [0.25, 0.3) is 11.4 Å². The summed E-state index contributed by atoms with van der Waals surface area (Å²) >= 11 is 0. The van der Waals surface area contributed by atoms with E-state index in [4.69, 9.17) is 4.52 Å². The summed E-state index contributed by atoms with van der Waals surface area (Å²) in [6.45, 7) is 1.83. The SMILES string of the molecule is Cc1ccc(S(=O)(=O)N(C)C)cc1-c1nc(-c2ccc3nc[nH]c(=O)c3c2)no1. The molecule has 2 aromatic heterocycles.